The van der Waals surface area contributed by atoms with Gasteiger partial charge in [0, 0.05) is 17.3 Å². The molecular formula is C19H13N3O. The number of nitrogens with one attached hydrogen (secondary N) is 1. The maximum absolute atomic E-state index is 12.3. The second kappa shape index (κ2) is 6.54. The van der Waals surface area contributed by atoms with Gasteiger partial charge in [0.25, 0.3) is 5.91 Å². The number of rotatable bonds is 3. The average Bonchev–Trinajstić information content (AvgIpc) is 2.63. The zero-order valence-corrected chi connectivity index (χ0v) is 12.2. The number of nitrogens with zero attached hydrogens (tertiary/aromatic N) is 2. The van der Waals surface area contributed by atoms with E-state index in [0.29, 0.717) is 16.8 Å². The highest BCUT2D eigenvalue weighted by molar-refractivity contribution is 6.05. The first-order chi connectivity index (χ1) is 11.3. The fraction of sp³-hybridized carbons (Fsp3) is 0. The van der Waals surface area contributed by atoms with Crippen molar-refractivity contribution in [1.82, 2.24) is 4.98 Å². The number of benzene rings is 2. The molecule has 0 bridgehead atoms. The largest absolute Gasteiger partial charge is 0.321 e. The molecule has 0 saturated carbocycles. The van der Waals surface area contributed by atoms with E-state index in [2.05, 4.69) is 16.4 Å². The van der Waals surface area contributed by atoms with Crippen molar-refractivity contribution in [3.05, 3.63) is 84.1 Å². The zero-order valence-electron chi connectivity index (χ0n) is 12.2. The summed E-state index contributed by atoms with van der Waals surface area (Å²) in [5.41, 5.74) is 3.27. The molecule has 0 unspecified atom stereocenters. The number of amides is 1. The molecule has 0 atom stereocenters. The van der Waals surface area contributed by atoms with Gasteiger partial charge in [-0.3, -0.25) is 9.78 Å². The molecule has 3 rings (SSSR count). The van der Waals surface area contributed by atoms with E-state index >= 15 is 0 Å². The van der Waals surface area contributed by atoms with Gasteiger partial charge in [0.2, 0.25) is 0 Å². The molecule has 0 radical (unpaired) electrons. The summed E-state index contributed by atoms with van der Waals surface area (Å²) >= 11 is 0. The van der Waals surface area contributed by atoms with Crippen molar-refractivity contribution in [1.29, 1.82) is 5.26 Å². The summed E-state index contributed by atoms with van der Waals surface area (Å²) in [4.78, 5) is 16.6. The summed E-state index contributed by atoms with van der Waals surface area (Å²) in [6.45, 7) is 0. The Bertz CT molecular complexity index is 865. The fourth-order valence-electron chi connectivity index (χ4n) is 2.21. The Hall–Kier alpha value is -3.45. The molecule has 0 saturated heterocycles. The van der Waals surface area contributed by atoms with Crippen molar-refractivity contribution in [3.8, 4) is 17.3 Å². The molecule has 23 heavy (non-hydrogen) atoms. The van der Waals surface area contributed by atoms with Crippen LogP contribution in [0.4, 0.5) is 5.69 Å². The van der Waals surface area contributed by atoms with Gasteiger partial charge in [0.15, 0.2) is 0 Å². The lowest BCUT2D eigenvalue weighted by Crippen LogP contribution is -2.12. The van der Waals surface area contributed by atoms with Crippen molar-refractivity contribution in [2.45, 2.75) is 0 Å². The van der Waals surface area contributed by atoms with Crippen LogP contribution in [0.3, 0.4) is 0 Å². The van der Waals surface area contributed by atoms with Gasteiger partial charge in [-0.05, 0) is 36.4 Å². The highest BCUT2D eigenvalue weighted by atomic mass is 16.1. The van der Waals surface area contributed by atoms with E-state index in [1.54, 1.807) is 42.6 Å². The summed E-state index contributed by atoms with van der Waals surface area (Å²) in [5.74, 6) is -0.250. The van der Waals surface area contributed by atoms with Gasteiger partial charge in [-0.2, -0.15) is 5.26 Å². The molecular weight excluding hydrogens is 286 g/mol. The number of para-hydroxylation sites is 1. The number of carbonyl (C=O) groups is 1. The molecule has 4 nitrogen and oxygen atoms in total. The predicted octanol–water partition coefficient (Wildman–Crippen LogP) is 3.87. The molecule has 110 valence electrons. The lowest BCUT2D eigenvalue weighted by atomic mass is 10.1. The molecule has 1 amide bonds. The second-order valence-corrected chi connectivity index (χ2v) is 4.90. The summed E-state index contributed by atoms with van der Waals surface area (Å²) in [6, 6.07) is 21.9. The standard InChI is InChI=1S/C19H13N3O/c20-13-16-5-1-2-7-18(16)22-19(23)15-10-8-14(9-11-15)17-6-3-4-12-21-17/h1-12H,(H,22,23). The summed E-state index contributed by atoms with van der Waals surface area (Å²) in [5, 5.41) is 11.8. The molecule has 0 aliphatic heterocycles. The lowest BCUT2D eigenvalue weighted by molar-refractivity contribution is 0.102. The number of pyridine rings is 1. The lowest BCUT2D eigenvalue weighted by Gasteiger charge is -2.07. The van der Waals surface area contributed by atoms with E-state index in [1.807, 2.05) is 30.3 Å². The number of aromatic nitrogens is 1. The van der Waals surface area contributed by atoms with Crippen LogP contribution < -0.4 is 5.32 Å². The van der Waals surface area contributed by atoms with Crippen LogP contribution >= 0.6 is 0 Å². The van der Waals surface area contributed by atoms with E-state index in [1.165, 1.54) is 0 Å². The normalized spacial score (nSPS) is 9.87. The molecule has 0 aliphatic carbocycles. The minimum Gasteiger partial charge on any atom is -0.321 e. The molecule has 0 aliphatic rings. The van der Waals surface area contributed by atoms with E-state index in [4.69, 9.17) is 5.26 Å². The van der Waals surface area contributed by atoms with Crippen LogP contribution in [-0.4, -0.2) is 10.9 Å². The average molecular weight is 299 g/mol. The van der Waals surface area contributed by atoms with E-state index in [9.17, 15) is 4.79 Å². The summed E-state index contributed by atoms with van der Waals surface area (Å²) in [6.07, 6.45) is 1.73. The Morgan fingerprint density at radius 1 is 0.957 bits per heavy atom. The number of carbonyl (C=O) groups excluding carboxylic acids is 1. The zero-order chi connectivity index (χ0) is 16.1. The molecule has 0 spiro atoms. The van der Waals surface area contributed by atoms with Crippen molar-refractivity contribution in [3.63, 3.8) is 0 Å². The second-order valence-electron chi connectivity index (χ2n) is 4.90. The van der Waals surface area contributed by atoms with Gasteiger partial charge in [0.05, 0.1) is 16.9 Å². The molecule has 1 heterocycles. The van der Waals surface area contributed by atoms with Gasteiger partial charge in [0.1, 0.15) is 6.07 Å². The Labute approximate surface area is 134 Å². The van der Waals surface area contributed by atoms with Crippen molar-refractivity contribution in [2.75, 3.05) is 5.32 Å². The Morgan fingerprint density at radius 3 is 2.39 bits per heavy atom. The van der Waals surface area contributed by atoms with Crippen LogP contribution in [0.1, 0.15) is 15.9 Å². The van der Waals surface area contributed by atoms with Gasteiger partial charge in [-0.25, -0.2) is 0 Å². The van der Waals surface area contributed by atoms with Gasteiger partial charge < -0.3 is 5.32 Å². The maximum Gasteiger partial charge on any atom is 0.255 e. The Kier molecular flexibility index (Phi) is 4.12. The minimum absolute atomic E-state index is 0.250. The highest BCUT2D eigenvalue weighted by Gasteiger charge is 2.09. The smallest absolute Gasteiger partial charge is 0.255 e. The van der Waals surface area contributed by atoms with E-state index < -0.39 is 0 Å². The van der Waals surface area contributed by atoms with Crippen LogP contribution in [0.25, 0.3) is 11.3 Å². The SMILES string of the molecule is N#Cc1ccccc1NC(=O)c1ccc(-c2ccccn2)cc1. The number of hydrogen-bond donors (Lipinski definition) is 1. The number of anilines is 1. The Morgan fingerprint density at radius 2 is 1.70 bits per heavy atom. The highest BCUT2D eigenvalue weighted by Crippen LogP contribution is 2.19. The van der Waals surface area contributed by atoms with Crippen LogP contribution in [0, 0.1) is 11.3 Å². The van der Waals surface area contributed by atoms with Gasteiger partial charge in [-0.1, -0.05) is 30.3 Å². The molecule has 0 fully saturated rings. The maximum atomic E-state index is 12.3. The first kappa shape index (κ1) is 14.5. The summed E-state index contributed by atoms with van der Waals surface area (Å²) in [7, 11) is 0. The van der Waals surface area contributed by atoms with Crippen molar-refractivity contribution >= 4 is 11.6 Å². The monoisotopic (exact) mass is 299 g/mol. The van der Waals surface area contributed by atoms with Gasteiger partial charge in [-0.15, -0.1) is 0 Å². The van der Waals surface area contributed by atoms with Crippen LogP contribution in [0.2, 0.25) is 0 Å². The van der Waals surface area contributed by atoms with Crippen LogP contribution in [-0.2, 0) is 0 Å². The molecule has 3 aromatic rings. The molecule has 2 aromatic carbocycles. The van der Waals surface area contributed by atoms with Crippen LogP contribution in [0.15, 0.2) is 72.9 Å². The third-order valence-electron chi connectivity index (χ3n) is 3.40. The Balaban J connectivity index is 1.80. The quantitative estimate of drug-likeness (QED) is 0.798. The first-order valence-corrected chi connectivity index (χ1v) is 7.10. The topological polar surface area (TPSA) is 65.8 Å². The summed E-state index contributed by atoms with van der Waals surface area (Å²) < 4.78 is 0. The van der Waals surface area contributed by atoms with E-state index in [0.717, 1.165) is 11.3 Å². The van der Waals surface area contributed by atoms with Crippen molar-refractivity contribution in [2.24, 2.45) is 0 Å². The number of nitriles is 1. The van der Waals surface area contributed by atoms with Gasteiger partial charge >= 0.3 is 0 Å². The van der Waals surface area contributed by atoms with Crippen molar-refractivity contribution < 1.29 is 4.79 Å². The van der Waals surface area contributed by atoms with E-state index in [-0.39, 0.29) is 5.91 Å². The fourth-order valence-corrected chi connectivity index (χ4v) is 2.21. The molecule has 1 N–H and O–H groups in total. The first-order valence-electron chi connectivity index (χ1n) is 7.10. The predicted molar refractivity (Wildman–Crippen MR) is 88.8 cm³/mol. The third-order valence-corrected chi connectivity index (χ3v) is 3.40. The molecule has 1 aromatic heterocycles. The number of hydrogen-bond acceptors (Lipinski definition) is 3. The third kappa shape index (κ3) is 3.25. The van der Waals surface area contributed by atoms with Crippen LogP contribution in [0.5, 0.6) is 0 Å². The molecule has 4 heteroatoms. The minimum atomic E-state index is -0.250.